The molecule has 0 aromatic heterocycles. The molecule has 2 heterocycles. The van der Waals surface area contributed by atoms with Crippen LogP contribution in [0.5, 0.6) is 0 Å². The first-order valence-corrected chi connectivity index (χ1v) is 5.62. The summed E-state index contributed by atoms with van der Waals surface area (Å²) in [5.41, 5.74) is 0.415. The van der Waals surface area contributed by atoms with Crippen LogP contribution in [0.3, 0.4) is 0 Å². The molecule has 1 atom stereocenters. The van der Waals surface area contributed by atoms with Crippen molar-refractivity contribution in [2.75, 3.05) is 33.0 Å². The van der Waals surface area contributed by atoms with Gasteiger partial charge in [0.1, 0.15) is 0 Å². The highest BCUT2D eigenvalue weighted by Crippen LogP contribution is 2.40. The fourth-order valence-corrected chi connectivity index (χ4v) is 2.29. The van der Waals surface area contributed by atoms with Gasteiger partial charge in [0.05, 0.1) is 26.4 Å². The normalized spacial score (nSPS) is 31.5. The Morgan fingerprint density at radius 1 is 1.36 bits per heavy atom. The molecule has 1 unspecified atom stereocenters. The van der Waals surface area contributed by atoms with Crippen molar-refractivity contribution in [3.63, 3.8) is 0 Å². The molecule has 2 aliphatic heterocycles. The molecule has 2 rings (SSSR count). The molecule has 2 fully saturated rings. The van der Waals surface area contributed by atoms with E-state index in [2.05, 4.69) is 19.2 Å². The van der Waals surface area contributed by atoms with E-state index in [4.69, 9.17) is 9.47 Å². The van der Waals surface area contributed by atoms with Gasteiger partial charge in [-0.2, -0.15) is 0 Å². The minimum Gasteiger partial charge on any atom is -0.380 e. The van der Waals surface area contributed by atoms with Crippen LogP contribution < -0.4 is 5.32 Å². The van der Waals surface area contributed by atoms with Crippen LogP contribution in [0.4, 0.5) is 0 Å². The lowest BCUT2D eigenvalue weighted by molar-refractivity contribution is -0.151. The van der Waals surface area contributed by atoms with Crippen molar-refractivity contribution >= 4 is 0 Å². The molecule has 1 N–H and O–H groups in total. The Morgan fingerprint density at radius 3 is 2.57 bits per heavy atom. The quantitative estimate of drug-likeness (QED) is 0.736. The fraction of sp³-hybridized carbons (Fsp3) is 1.00. The number of rotatable bonds is 3. The molecule has 2 aliphatic rings. The zero-order valence-corrected chi connectivity index (χ0v) is 9.21. The first-order valence-electron chi connectivity index (χ1n) is 5.62. The van der Waals surface area contributed by atoms with Gasteiger partial charge in [0, 0.05) is 18.0 Å². The molecule has 2 saturated heterocycles. The minimum absolute atomic E-state index is 0.415. The first kappa shape index (κ1) is 10.4. The maximum Gasteiger partial charge on any atom is 0.0620 e. The lowest BCUT2D eigenvalue weighted by Gasteiger charge is -2.47. The Morgan fingerprint density at radius 2 is 2.14 bits per heavy atom. The third-order valence-electron chi connectivity index (χ3n) is 3.66. The average molecular weight is 199 g/mol. The standard InChI is InChI=1S/C11H21NO2/c1-9(2)11(7-14-8-11)5-10-6-13-4-3-12-10/h9-10,12H,3-8H2,1-2H3. The molecule has 14 heavy (non-hydrogen) atoms. The molecular weight excluding hydrogens is 178 g/mol. The van der Waals surface area contributed by atoms with Crippen LogP contribution in [-0.4, -0.2) is 39.0 Å². The van der Waals surface area contributed by atoms with Crippen LogP contribution >= 0.6 is 0 Å². The minimum atomic E-state index is 0.415. The third kappa shape index (κ3) is 1.95. The van der Waals surface area contributed by atoms with Gasteiger partial charge in [0.15, 0.2) is 0 Å². The van der Waals surface area contributed by atoms with Crippen molar-refractivity contribution in [1.82, 2.24) is 5.32 Å². The van der Waals surface area contributed by atoms with Gasteiger partial charge in [0.25, 0.3) is 0 Å². The summed E-state index contributed by atoms with van der Waals surface area (Å²) in [6.45, 7) is 9.19. The maximum atomic E-state index is 5.47. The second-order valence-electron chi connectivity index (χ2n) is 4.94. The number of hydrogen-bond acceptors (Lipinski definition) is 3. The SMILES string of the molecule is CC(C)C1(CC2COCCN2)COC1. The van der Waals surface area contributed by atoms with Crippen molar-refractivity contribution in [2.24, 2.45) is 11.3 Å². The zero-order valence-electron chi connectivity index (χ0n) is 9.21. The molecule has 0 radical (unpaired) electrons. The Hall–Kier alpha value is -0.120. The van der Waals surface area contributed by atoms with Gasteiger partial charge in [-0.3, -0.25) is 0 Å². The molecule has 0 aromatic rings. The summed E-state index contributed by atoms with van der Waals surface area (Å²) in [5, 5.41) is 3.52. The van der Waals surface area contributed by atoms with Crippen molar-refractivity contribution < 1.29 is 9.47 Å². The van der Waals surface area contributed by atoms with E-state index < -0.39 is 0 Å². The van der Waals surface area contributed by atoms with Gasteiger partial charge in [-0.05, 0) is 12.3 Å². The molecule has 82 valence electrons. The van der Waals surface area contributed by atoms with Crippen molar-refractivity contribution in [3.05, 3.63) is 0 Å². The summed E-state index contributed by atoms with van der Waals surface area (Å²) in [6, 6.07) is 0.537. The molecule has 3 nitrogen and oxygen atoms in total. The van der Waals surface area contributed by atoms with Gasteiger partial charge >= 0.3 is 0 Å². The molecule has 0 amide bonds. The Balaban J connectivity index is 1.87. The van der Waals surface area contributed by atoms with E-state index in [0.717, 1.165) is 33.0 Å². The van der Waals surface area contributed by atoms with Crippen molar-refractivity contribution in [3.8, 4) is 0 Å². The topological polar surface area (TPSA) is 30.5 Å². The van der Waals surface area contributed by atoms with E-state index in [1.165, 1.54) is 6.42 Å². The summed E-state index contributed by atoms with van der Waals surface area (Å²) < 4.78 is 10.8. The third-order valence-corrected chi connectivity index (χ3v) is 3.66. The highest BCUT2D eigenvalue weighted by atomic mass is 16.5. The van der Waals surface area contributed by atoms with Crippen LogP contribution in [0, 0.1) is 11.3 Å². The molecule has 3 heteroatoms. The molecule has 0 aliphatic carbocycles. The summed E-state index contributed by atoms with van der Waals surface area (Å²) in [4.78, 5) is 0. The smallest absolute Gasteiger partial charge is 0.0620 e. The number of ether oxygens (including phenoxy) is 2. The highest BCUT2D eigenvalue weighted by Gasteiger charge is 2.43. The predicted molar refractivity (Wildman–Crippen MR) is 55.3 cm³/mol. The van der Waals surface area contributed by atoms with Gasteiger partial charge in [-0.1, -0.05) is 13.8 Å². The molecule has 0 spiro atoms. The van der Waals surface area contributed by atoms with E-state index in [-0.39, 0.29) is 0 Å². The second kappa shape index (κ2) is 4.17. The van der Waals surface area contributed by atoms with Crippen molar-refractivity contribution in [1.29, 1.82) is 0 Å². The van der Waals surface area contributed by atoms with E-state index in [1.807, 2.05) is 0 Å². The van der Waals surface area contributed by atoms with E-state index >= 15 is 0 Å². The van der Waals surface area contributed by atoms with E-state index in [0.29, 0.717) is 17.4 Å². The van der Waals surface area contributed by atoms with Crippen LogP contribution in [0.15, 0.2) is 0 Å². The summed E-state index contributed by atoms with van der Waals surface area (Å²) in [5.74, 6) is 0.708. The summed E-state index contributed by atoms with van der Waals surface area (Å²) >= 11 is 0. The number of hydrogen-bond donors (Lipinski definition) is 1. The number of nitrogens with one attached hydrogen (secondary N) is 1. The van der Waals surface area contributed by atoms with Crippen LogP contribution in [-0.2, 0) is 9.47 Å². The van der Waals surface area contributed by atoms with E-state index in [9.17, 15) is 0 Å². The largest absolute Gasteiger partial charge is 0.380 e. The first-order chi connectivity index (χ1) is 6.73. The molecule has 0 saturated carbocycles. The zero-order chi connectivity index (χ0) is 10.0. The van der Waals surface area contributed by atoms with Gasteiger partial charge in [-0.15, -0.1) is 0 Å². The Bertz CT molecular complexity index is 184. The summed E-state index contributed by atoms with van der Waals surface area (Å²) in [6.07, 6.45) is 1.20. The maximum absolute atomic E-state index is 5.47. The molecular formula is C11H21NO2. The van der Waals surface area contributed by atoms with Crippen LogP contribution in [0.1, 0.15) is 20.3 Å². The summed E-state index contributed by atoms with van der Waals surface area (Å²) in [7, 11) is 0. The molecule has 0 aromatic carbocycles. The van der Waals surface area contributed by atoms with Crippen LogP contribution in [0.25, 0.3) is 0 Å². The molecule has 0 bridgehead atoms. The second-order valence-corrected chi connectivity index (χ2v) is 4.94. The lowest BCUT2D eigenvalue weighted by Crippen LogP contribution is -2.53. The van der Waals surface area contributed by atoms with Gasteiger partial charge in [-0.25, -0.2) is 0 Å². The van der Waals surface area contributed by atoms with Gasteiger partial charge < -0.3 is 14.8 Å². The Labute approximate surface area is 86.2 Å². The van der Waals surface area contributed by atoms with Crippen molar-refractivity contribution in [2.45, 2.75) is 26.3 Å². The fourth-order valence-electron chi connectivity index (χ4n) is 2.29. The van der Waals surface area contributed by atoms with E-state index in [1.54, 1.807) is 0 Å². The highest BCUT2D eigenvalue weighted by molar-refractivity contribution is 4.92. The Kier molecular flexibility index (Phi) is 3.10. The number of morpholine rings is 1. The average Bonchev–Trinajstić information content (AvgIpc) is 2.12. The predicted octanol–water partition coefficient (Wildman–Crippen LogP) is 1.04. The monoisotopic (exact) mass is 199 g/mol. The lowest BCUT2D eigenvalue weighted by atomic mass is 9.71. The van der Waals surface area contributed by atoms with Gasteiger partial charge in [0.2, 0.25) is 0 Å². The van der Waals surface area contributed by atoms with Crippen LogP contribution in [0.2, 0.25) is 0 Å².